The Labute approximate surface area is 399 Å². The summed E-state index contributed by atoms with van der Waals surface area (Å²) in [5.41, 5.74) is 6.02. The standard InChI is InChI=1S/C58H81NS4/c1-6-9-12-15-18-21-22-25-28-31-34-59-51-41-53-47(39-55(62-53)57-45(35-43(4)60-57)32-29-26-23-19-16-13-10-7-2)37-49(51)50-38-48-40-56(63-54(48)42-52(50)59)58-46(36-44(5)61-58)33-30-27-24-20-17-14-11-8-3/h35-42H,6-34H2,1-5H3. The number of aryl methyl sites for hydroxylation is 5. The molecule has 1 nitrogen and oxygen atoms in total. The molecule has 0 unspecified atom stereocenters. The molecular weight excluding hydrogens is 839 g/mol. The van der Waals surface area contributed by atoms with Gasteiger partial charge in [-0.2, -0.15) is 0 Å². The molecule has 0 bridgehead atoms. The van der Waals surface area contributed by atoms with E-state index in [4.69, 9.17) is 0 Å². The van der Waals surface area contributed by atoms with Crippen LogP contribution >= 0.6 is 45.3 Å². The summed E-state index contributed by atoms with van der Waals surface area (Å²) in [6.07, 6.45) is 38.2. The summed E-state index contributed by atoms with van der Waals surface area (Å²) < 4.78 is 5.60. The molecule has 0 aliphatic carbocycles. The number of hydrogen-bond acceptors (Lipinski definition) is 4. The van der Waals surface area contributed by atoms with E-state index < -0.39 is 0 Å². The van der Waals surface area contributed by atoms with Crippen LogP contribution in [0.4, 0.5) is 0 Å². The average molecular weight is 921 g/mol. The number of unbranched alkanes of at least 4 members (excludes halogenated alkanes) is 23. The molecule has 5 heteroatoms. The minimum atomic E-state index is 1.10. The van der Waals surface area contributed by atoms with Crippen molar-refractivity contribution in [1.29, 1.82) is 0 Å². The second-order valence-electron chi connectivity index (χ2n) is 19.2. The third-order valence-corrected chi connectivity index (χ3v) is 18.5. The van der Waals surface area contributed by atoms with Gasteiger partial charge in [0.05, 0.1) is 11.0 Å². The van der Waals surface area contributed by atoms with E-state index in [1.54, 1.807) is 11.1 Å². The summed E-state index contributed by atoms with van der Waals surface area (Å²) in [4.78, 5) is 8.89. The fourth-order valence-corrected chi connectivity index (χ4v) is 14.8. The van der Waals surface area contributed by atoms with E-state index in [9.17, 15) is 0 Å². The molecule has 342 valence electrons. The van der Waals surface area contributed by atoms with Gasteiger partial charge in [0, 0.05) is 56.0 Å². The minimum Gasteiger partial charge on any atom is -0.340 e. The lowest BCUT2D eigenvalue weighted by Crippen LogP contribution is -1.97. The van der Waals surface area contributed by atoms with Crippen molar-refractivity contribution >= 4 is 87.3 Å². The van der Waals surface area contributed by atoms with Crippen LogP contribution in [-0.2, 0) is 19.4 Å². The Morgan fingerprint density at radius 2 is 0.714 bits per heavy atom. The third-order valence-electron chi connectivity index (χ3n) is 13.8. The number of aromatic nitrogens is 1. The molecular formula is C58H81NS4. The molecule has 0 aliphatic heterocycles. The highest BCUT2D eigenvalue weighted by Gasteiger charge is 2.19. The highest BCUT2D eigenvalue weighted by Crippen LogP contribution is 2.46. The molecule has 0 amide bonds. The summed E-state index contributed by atoms with van der Waals surface area (Å²) in [5.74, 6) is 0. The van der Waals surface area contributed by atoms with E-state index in [1.165, 1.54) is 251 Å². The van der Waals surface area contributed by atoms with Crippen molar-refractivity contribution in [3.8, 4) is 19.5 Å². The van der Waals surface area contributed by atoms with E-state index >= 15 is 0 Å². The van der Waals surface area contributed by atoms with Crippen LogP contribution in [0.25, 0.3) is 61.5 Å². The van der Waals surface area contributed by atoms with Gasteiger partial charge in [0.2, 0.25) is 0 Å². The van der Waals surface area contributed by atoms with Gasteiger partial charge in [0.15, 0.2) is 0 Å². The second kappa shape index (κ2) is 25.5. The van der Waals surface area contributed by atoms with Gasteiger partial charge in [0.1, 0.15) is 0 Å². The number of rotatable bonds is 31. The molecule has 0 saturated carbocycles. The molecule has 0 fully saturated rings. The van der Waals surface area contributed by atoms with Crippen LogP contribution in [0.2, 0.25) is 0 Å². The summed E-state index contributed by atoms with van der Waals surface area (Å²) in [6.45, 7) is 12.7. The summed E-state index contributed by atoms with van der Waals surface area (Å²) in [7, 11) is 0. The van der Waals surface area contributed by atoms with Crippen molar-refractivity contribution < 1.29 is 0 Å². The van der Waals surface area contributed by atoms with Crippen LogP contribution in [0, 0.1) is 13.8 Å². The first-order chi connectivity index (χ1) is 31.0. The summed E-state index contributed by atoms with van der Waals surface area (Å²) in [6, 6.07) is 20.3. The zero-order valence-electron chi connectivity index (χ0n) is 40.2. The largest absolute Gasteiger partial charge is 0.340 e. The van der Waals surface area contributed by atoms with Crippen molar-refractivity contribution in [3.05, 3.63) is 69.4 Å². The van der Waals surface area contributed by atoms with Crippen LogP contribution in [-0.4, -0.2) is 4.57 Å². The molecule has 0 saturated heterocycles. The molecule has 5 aromatic heterocycles. The maximum absolute atomic E-state index is 2.72. The number of nitrogens with zero attached hydrogens (tertiary/aromatic N) is 1. The molecule has 2 aromatic carbocycles. The van der Waals surface area contributed by atoms with Crippen molar-refractivity contribution in [2.45, 2.75) is 221 Å². The van der Waals surface area contributed by atoms with Gasteiger partial charge in [-0.3, -0.25) is 0 Å². The topological polar surface area (TPSA) is 4.93 Å². The molecule has 0 spiro atoms. The lowest BCUT2D eigenvalue weighted by atomic mass is 10.0. The van der Waals surface area contributed by atoms with E-state index in [0.29, 0.717) is 0 Å². The Kier molecular flexibility index (Phi) is 19.6. The van der Waals surface area contributed by atoms with Crippen LogP contribution in [0.3, 0.4) is 0 Å². The van der Waals surface area contributed by atoms with Gasteiger partial charge in [-0.15, -0.1) is 45.3 Å². The molecule has 0 atom stereocenters. The van der Waals surface area contributed by atoms with Gasteiger partial charge in [0.25, 0.3) is 0 Å². The van der Waals surface area contributed by atoms with E-state index in [-0.39, 0.29) is 0 Å². The van der Waals surface area contributed by atoms with Crippen molar-refractivity contribution in [1.82, 2.24) is 4.57 Å². The normalized spacial score (nSPS) is 12.1. The SMILES string of the molecule is CCCCCCCCCCCCn1c2cc3sc(-c4sc(C)cc4CCCCCCCCCC)cc3cc2c2cc3cc(-c4sc(C)cc4CCCCCCCCCC)sc3cc21. The Hall–Kier alpha value is -2.44. The quantitative estimate of drug-likeness (QED) is 0.0382. The molecule has 63 heavy (non-hydrogen) atoms. The lowest BCUT2D eigenvalue weighted by Gasteiger charge is -2.08. The van der Waals surface area contributed by atoms with Gasteiger partial charge in [-0.05, 0) is 116 Å². The van der Waals surface area contributed by atoms with Crippen molar-refractivity contribution in [2.24, 2.45) is 0 Å². The van der Waals surface area contributed by atoms with Crippen molar-refractivity contribution in [3.63, 3.8) is 0 Å². The maximum atomic E-state index is 2.72. The minimum absolute atomic E-state index is 1.10. The average Bonchev–Trinajstić information content (AvgIpc) is 4.11. The fourth-order valence-electron chi connectivity index (χ4n) is 10.2. The van der Waals surface area contributed by atoms with Crippen LogP contribution in [0.5, 0.6) is 0 Å². The van der Waals surface area contributed by atoms with E-state index in [1.807, 2.05) is 45.3 Å². The number of fused-ring (bicyclic) bond motifs is 5. The first kappa shape index (κ1) is 48.5. The van der Waals surface area contributed by atoms with Crippen molar-refractivity contribution in [2.75, 3.05) is 0 Å². The van der Waals surface area contributed by atoms with E-state index in [2.05, 4.69) is 87.7 Å². The predicted octanol–water partition coefficient (Wildman–Crippen LogP) is 21.6. The molecule has 5 heterocycles. The van der Waals surface area contributed by atoms with Gasteiger partial charge < -0.3 is 4.57 Å². The van der Waals surface area contributed by atoms with Gasteiger partial charge in [-0.1, -0.05) is 168 Å². The Balaban J connectivity index is 1.13. The molecule has 0 radical (unpaired) electrons. The first-order valence-corrected chi connectivity index (χ1v) is 29.4. The second-order valence-corrected chi connectivity index (χ2v) is 23.9. The third kappa shape index (κ3) is 13.4. The molecule has 0 aliphatic rings. The Bertz CT molecular complexity index is 2270. The lowest BCUT2D eigenvalue weighted by molar-refractivity contribution is 0.541. The fraction of sp³-hybridized carbons (Fsp3) is 0.586. The highest BCUT2D eigenvalue weighted by atomic mass is 32.1. The van der Waals surface area contributed by atoms with Crippen LogP contribution in [0.15, 0.2) is 48.5 Å². The van der Waals surface area contributed by atoms with Crippen LogP contribution in [0.1, 0.15) is 209 Å². The van der Waals surface area contributed by atoms with Crippen LogP contribution < -0.4 is 0 Å². The summed E-state index contributed by atoms with van der Waals surface area (Å²) in [5, 5.41) is 5.70. The number of hydrogen-bond donors (Lipinski definition) is 0. The maximum Gasteiger partial charge on any atom is 0.0505 e. The molecule has 7 rings (SSSR count). The van der Waals surface area contributed by atoms with Gasteiger partial charge >= 0.3 is 0 Å². The first-order valence-electron chi connectivity index (χ1n) is 26.1. The zero-order chi connectivity index (χ0) is 43.8. The number of thiophene rings is 4. The number of benzene rings is 2. The Morgan fingerprint density at radius 1 is 0.365 bits per heavy atom. The molecule has 0 N–H and O–H groups in total. The summed E-state index contributed by atoms with van der Waals surface area (Å²) >= 11 is 8.09. The van der Waals surface area contributed by atoms with Gasteiger partial charge in [-0.25, -0.2) is 0 Å². The monoisotopic (exact) mass is 920 g/mol. The highest BCUT2D eigenvalue weighted by molar-refractivity contribution is 7.26. The zero-order valence-corrected chi connectivity index (χ0v) is 43.5. The Morgan fingerprint density at radius 3 is 1.10 bits per heavy atom. The molecule has 7 aromatic rings. The smallest absolute Gasteiger partial charge is 0.0505 e. The van der Waals surface area contributed by atoms with E-state index in [0.717, 1.165) is 6.54 Å². The predicted molar refractivity (Wildman–Crippen MR) is 291 cm³/mol.